The average Bonchev–Trinajstić information content (AvgIpc) is 2.53. The number of nitrogens with zero attached hydrogens (tertiary/aromatic N) is 1. The highest BCUT2D eigenvalue weighted by Gasteiger charge is 2.29. The molecule has 0 spiro atoms. The maximum Gasteiger partial charge on any atom is 0.251 e. The van der Waals surface area contributed by atoms with Crippen molar-refractivity contribution in [2.75, 3.05) is 39.3 Å². The van der Waals surface area contributed by atoms with Crippen LogP contribution in [0.2, 0.25) is 0 Å². The molecule has 0 radical (unpaired) electrons. The van der Waals surface area contributed by atoms with Gasteiger partial charge in [-0.25, -0.2) is 8.42 Å². The molecular weight excluding hydrogens is 332 g/mol. The molecule has 9 heteroatoms. The van der Waals surface area contributed by atoms with Crippen molar-refractivity contribution in [3.8, 4) is 0 Å². The van der Waals surface area contributed by atoms with E-state index in [9.17, 15) is 18.0 Å². The Morgan fingerprint density at radius 2 is 2.12 bits per heavy atom. The van der Waals surface area contributed by atoms with Gasteiger partial charge in [0.1, 0.15) is 0 Å². The van der Waals surface area contributed by atoms with Gasteiger partial charge in [0, 0.05) is 44.2 Å². The van der Waals surface area contributed by atoms with Crippen molar-refractivity contribution in [2.45, 2.75) is 4.90 Å². The number of piperazine rings is 1. The first kappa shape index (κ1) is 16.9. The molecule has 0 aromatic heterocycles. The van der Waals surface area contributed by atoms with Crippen LogP contribution in [0.5, 0.6) is 0 Å². The Labute approximate surface area is 140 Å². The highest BCUT2D eigenvalue weighted by atomic mass is 32.2. The number of hydrogen-bond acceptors (Lipinski definition) is 5. The highest BCUT2D eigenvalue weighted by molar-refractivity contribution is 7.89. The summed E-state index contributed by atoms with van der Waals surface area (Å²) >= 11 is 0. The molecule has 2 fully saturated rings. The molecule has 8 nitrogen and oxygen atoms in total. The molecule has 130 valence electrons. The lowest BCUT2D eigenvalue weighted by Gasteiger charge is -2.27. The van der Waals surface area contributed by atoms with E-state index in [1.807, 2.05) is 0 Å². The van der Waals surface area contributed by atoms with E-state index in [0.717, 1.165) is 17.4 Å². The van der Waals surface area contributed by atoms with Gasteiger partial charge in [-0.15, -0.1) is 0 Å². The first-order chi connectivity index (χ1) is 11.5. The summed E-state index contributed by atoms with van der Waals surface area (Å²) in [5, 5.41) is 8.53. The second-order valence-electron chi connectivity index (χ2n) is 5.95. The van der Waals surface area contributed by atoms with Gasteiger partial charge in [-0.1, -0.05) is 6.07 Å². The van der Waals surface area contributed by atoms with Crippen molar-refractivity contribution in [3.05, 3.63) is 29.8 Å². The van der Waals surface area contributed by atoms with E-state index in [4.69, 9.17) is 0 Å². The molecule has 2 heterocycles. The van der Waals surface area contributed by atoms with Crippen molar-refractivity contribution in [1.82, 2.24) is 20.3 Å². The Kier molecular flexibility index (Phi) is 4.83. The molecule has 0 unspecified atom stereocenters. The zero-order chi connectivity index (χ0) is 17.2. The van der Waals surface area contributed by atoms with Crippen LogP contribution in [-0.2, 0) is 14.8 Å². The molecule has 2 aliphatic rings. The zero-order valence-corrected chi connectivity index (χ0v) is 13.9. The molecule has 0 saturated carbocycles. The fourth-order valence-corrected chi connectivity index (χ4v) is 4.04. The number of carbonyl (C=O) groups excluding carboxylic acids is 2. The third-order valence-electron chi connectivity index (χ3n) is 4.15. The summed E-state index contributed by atoms with van der Waals surface area (Å²) in [6.45, 7) is 2.63. The highest BCUT2D eigenvalue weighted by Crippen LogP contribution is 2.18. The number of benzene rings is 1. The van der Waals surface area contributed by atoms with Crippen LogP contribution in [0.4, 0.5) is 0 Å². The number of nitrogens with one attached hydrogen (secondary N) is 3. The summed E-state index contributed by atoms with van der Waals surface area (Å²) in [6, 6.07) is 5.91. The monoisotopic (exact) mass is 352 g/mol. The lowest BCUT2D eigenvalue weighted by atomic mass is 10.0. The van der Waals surface area contributed by atoms with Gasteiger partial charge in [-0.3, -0.25) is 9.59 Å². The number of amides is 2. The van der Waals surface area contributed by atoms with E-state index in [1.54, 1.807) is 6.07 Å². The predicted octanol–water partition coefficient (Wildman–Crippen LogP) is -1.24. The molecule has 0 aliphatic carbocycles. The van der Waals surface area contributed by atoms with Gasteiger partial charge in [0.05, 0.1) is 11.4 Å². The lowest BCUT2D eigenvalue weighted by molar-refractivity contribution is -0.122. The fraction of sp³-hybridized carbons (Fsp3) is 0.467. The molecule has 3 N–H and O–H groups in total. The van der Waals surface area contributed by atoms with Crippen LogP contribution < -0.4 is 16.0 Å². The van der Waals surface area contributed by atoms with E-state index < -0.39 is 10.0 Å². The molecule has 24 heavy (non-hydrogen) atoms. The van der Waals surface area contributed by atoms with Crippen LogP contribution in [0.1, 0.15) is 10.4 Å². The minimum atomic E-state index is -3.79. The molecule has 3 rings (SSSR count). The Morgan fingerprint density at radius 3 is 2.79 bits per heavy atom. The standard InChI is InChI=1S/C15H20N4O4S/c20-14-10-19(5-4-17-14)24(22,23)13-3-1-2-12(6-13)15(21)18-9-11-7-16-8-11/h1-3,6,11,16H,4-5,7-10H2,(H,17,20)(H,18,21). The first-order valence-corrected chi connectivity index (χ1v) is 9.26. The normalized spacial score (nSPS) is 19.4. The second kappa shape index (κ2) is 6.88. The van der Waals surface area contributed by atoms with Gasteiger partial charge in [0.15, 0.2) is 0 Å². The maximum absolute atomic E-state index is 12.6. The summed E-state index contributed by atoms with van der Waals surface area (Å²) in [4.78, 5) is 23.6. The number of hydrogen-bond donors (Lipinski definition) is 3. The minimum absolute atomic E-state index is 0.0233. The third kappa shape index (κ3) is 3.58. The van der Waals surface area contributed by atoms with Gasteiger partial charge < -0.3 is 16.0 Å². The largest absolute Gasteiger partial charge is 0.354 e. The van der Waals surface area contributed by atoms with Crippen molar-refractivity contribution in [3.63, 3.8) is 0 Å². The van der Waals surface area contributed by atoms with Gasteiger partial charge in [0.2, 0.25) is 15.9 Å². The Hall–Kier alpha value is -1.97. The van der Waals surface area contributed by atoms with Crippen LogP contribution >= 0.6 is 0 Å². The van der Waals surface area contributed by atoms with Crippen LogP contribution in [0.15, 0.2) is 29.2 Å². The smallest absolute Gasteiger partial charge is 0.251 e. The molecule has 1 aromatic carbocycles. The van der Waals surface area contributed by atoms with Gasteiger partial charge in [0.25, 0.3) is 5.91 Å². The lowest BCUT2D eigenvalue weighted by Crippen LogP contribution is -2.49. The van der Waals surface area contributed by atoms with E-state index in [-0.39, 0.29) is 36.3 Å². The summed E-state index contributed by atoms with van der Waals surface area (Å²) in [5.41, 5.74) is 0.296. The minimum Gasteiger partial charge on any atom is -0.354 e. The SMILES string of the molecule is O=C1CN(S(=O)(=O)c2cccc(C(=O)NCC3CNC3)c2)CCN1. The molecular formula is C15H20N4O4S. The van der Waals surface area contributed by atoms with Gasteiger partial charge in [-0.2, -0.15) is 4.31 Å². The van der Waals surface area contributed by atoms with Crippen LogP contribution in [0.3, 0.4) is 0 Å². The van der Waals surface area contributed by atoms with E-state index in [0.29, 0.717) is 18.0 Å². The summed E-state index contributed by atoms with van der Waals surface area (Å²) in [7, 11) is -3.79. The quantitative estimate of drug-likeness (QED) is 0.614. The summed E-state index contributed by atoms with van der Waals surface area (Å²) in [6.07, 6.45) is 0. The van der Waals surface area contributed by atoms with Crippen LogP contribution in [0.25, 0.3) is 0 Å². The van der Waals surface area contributed by atoms with E-state index >= 15 is 0 Å². The fourth-order valence-electron chi connectivity index (χ4n) is 2.60. The summed E-state index contributed by atoms with van der Waals surface area (Å²) in [5.74, 6) is -0.198. The van der Waals surface area contributed by atoms with Gasteiger partial charge >= 0.3 is 0 Å². The molecule has 0 bridgehead atoms. The van der Waals surface area contributed by atoms with E-state index in [2.05, 4.69) is 16.0 Å². The van der Waals surface area contributed by atoms with Crippen molar-refractivity contribution < 1.29 is 18.0 Å². The second-order valence-corrected chi connectivity index (χ2v) is 7.89. The first-order valence-electron chi connectivity index (χ1n) is 7.82. The maximum atomic E-state index is 12.6. The average molecular weight is 352 g/mol. The van der Waals surface area contributed by atoms with Crippen LogP contribution in [0, 0.1) is 5.92 Å². The molecule has 0 atom stereocenters. The topological polar surface area (TPSA) is 108 Å². The Bertz CT molecular complexity index is 746. The Balaban J connectivity index is 1.73. The van der Waals surface area contributed by atoms with Gasteiger partial charge in [-0.05, 0) is 18.2 Å². The molecule has 2 saturated heterocycles. The molecule has 1 aromatic rings. The number of sulfonamides is 1. The van der Waals surface area contributed by atoms with Crippen molar-refractivity contribution >= 4 is 21.8 Å². The van der Waals surface area contributed by atoms with Crippen LogP contribution in [-0.4, -0.2) is 63.8 Å². The Morgan fingerprint density at radius 1 is 1.33 bits per heavy atom. The number of carbonyl (C=O) groups is 2. The number of rotatable bonds is 5. The van der Waals surface area contributed by atoms with Crippen molar-refractivity contribution in [1.29, 1.82) is 0 Å². The van der Waals surface area contributed by atoms with Crippen molar-refractivity contribution in [2.24, 2.45) is 5.92 Å². The molecule has 2 amide bonds. The zero-order valence-electron chi connectivity index (χ0n) is 13.1. The third-order valence-corrected chi connectivity index (χ3v) is 6.00. The predicted molar refractivity (Wildman–Crippen MR) is 86.9 cm³/mol. The van der Waals surface area contributed by atoms with E-state index in [1.165, 1.54) is 18.2 Å². The molecule has 2 aliphatic heterocycles. The summed E-state index contributed by atoms with van der Waals surface area (Å²) < 4.78 is 26.4.